The van der Waals surface area contributed by atoms with Crippen molar-refractivity contribution in [2.24, 2.45) is 0 Å². The third-order valence-electron chi connectivity index (χ3n) is 2.91. The molecule has 0 aromatic heterocycles. The van der Waals surface area contributed by atoms with Gasteiger partial charge in [0.25, 0.3) is 5.91 Å². The zero-order valence-electron chi connectivity index (χ0n) is 11.5. The molecule has 0 aliphatic rings. The van der Waals surface area contributed by atoms with Crippen molar-refractivity contribution in [3.8, 4) is 5.75 Å². The Morgan fingerprint density at radius 2 is 1.86 bits per heavy atom. The Balaban J connectivity index is 2.38. The topological polar surface area (TPSA) is 95.5 Å². The molecular formula is C14H13ClN2O4S. The van der Waals surface area contributed by atoms with Gasteiger partial charge in [-0.2, -0.15) is 0 Å². The predicted octanol–water partition coefficient (Wildman–Crippen LogP) is 2.21. The fourth-order valence-electron chi connectivity index (χ4n) is 1.73. The summed E-state index contributed by atoms with van der Waals surface area (Å²) >= 11 is 5.95. The smallest absolute Gasteiger partial charge is 0.257 e. The minimum Gasteiger partial charge on any atom is -0.506 e. The average molecular weight is 341 g/mol. The Labute approximate surface area is 132 Å². The van der Waals surface area contributed by atoms with Crippen LogP contribution in [0.1, 0.15) is 10.4 Å². The Morgan fingerprint density at radius 1 is 1.18 bits per heavy atom. The number of phenols is 1. The normalized spacial score (nSPS) is 11.2. The van der Waals surface area contributed by atoms with E-state index >= 15 is 0 Å². The van der Waals surface area contributed by atoms with Crippen LogP contribution in [0.15, 0.2) is 47.4 Å². The summed E-state index contributed by atoms with van der Waals surface area (Å²) in [5.41, 5.74) is 0.187. The molecule has 22 heavy (non-hydrogen) atoms. The van der Waals surface area contributed by atoms with Gasteiger partial charge in [0.05, 0.1) is 21.2 Å². The van der Waals surface area contributed by atoms with Crippen LogP contribution in [0.4, 0.5) is 5.69 Å². The average Bonchev–Trinajstić information content (AvgIpc) is 2.49. The lowest BCUT2D eigenvalue weighted by atomic mass is 10.2. The highest BCUT2D eigenvalue weighted by Gasteiger charge is 2.18. The quantitative estimate of drug-likeness (QED) is 0.743. The molecule has 0 saturated heterocycles. The summed E-state index contributed by atoms with van der Waals surface area (Å²) in [6.07, 6.45) is 0. The Hall–Kier alpha value is -2.09. The second kappa shape index (κ2) is 6.35. The maximum Gasteiger partial charge on any atom is 0.257 e. The zero-order valence-corrected chi connectivity index (χ0v) is 13.1. The molecule has 6 nitrogen and oxygen atoms in total. The first-order valence-electron chi connectivity index (χ1n) is 6.17. The van der Waals surface area contributed by atoms with Crippen LogP contribution >= 0.6 is 11.6 Å². The molecule has 2 aromatic rings. The van der Waals surface area contributed by atoms with Crippen LogP contribution in [0.25, 0.3) is 0 Å². The van der Waals surface area contributed by atoms with Crippen molar-refractivity contribution in [1.82, 2.24) is 4.72 Å². The SMILES string of the molecule is CNS(=O)(=O)c1ccc(Cl)c(C(=O)Nc2ccccc2O)c1. The van der Waals surface area contributed by atoms with E-state index in [-0.39, 0.29) is 26.9 Å². The van der Waals surface area contributed by atoms with Crippen molar-refractivity contribution >= 4 is 33.2 Å². The molecule has 2 aromatic carbocycles. The van der Waals surface area contributed by atoms with Gasteiger partial charge >= 0.3 is 0 Å². The molecule has 0 atom stereocenters. The third-order valence-corrected chi connectivity index (χ3v) is 4.66. The molecule has 116 valence electrons. The first kappa shape index (κ1) is 16.3. The summed E-state index contributed by atoms with van der Waals surface area (Å²) in [6, 6.07) is 9.96. The highest BCUT2D eigenvalue weighted by atomic mass is 35.5. The number of aromatic hydroxyl groups is 1. The monoisotopic (exact) mass is 340 g/mol. The molecule has 0 bridgehead atoms. The van der Waals surface area contributed by atoms with E-state index in [0.717, 1.165) is 0 Å². The fourth-order valence-corrected chi connectivity index (χ4v) is 2.69. The van der Waals surface area contributed by atoms with E-state index in [1.807, 2.05) is 0 Å². The van der Waals surface area contributed by atoms with Crippen LogP contribution in [0.3, 0.4) is 0 Å². The molecule has 0 fully saturated rings. The predicted molar refractivity (Wildman–Crippen MR) is 83.8 cm³/mol. The van der Waals surface area contributed by atoms with Crippen molar-refractivity contribution in [2.45, 2.75) is 4.90 Å². The number of phenolic OH excluding ortho intramolecular Hbond substituents is 1. The highest BCUT2D eigenvalue weighted by Crippen LogP contribution is 2.25. The maximum absolute atomic E-state index is 12.2. The van der Waals surface area contributed by atoms with E-state index in [1.165, 1.54) is 37.4 Å². The van der Waals surface area contributed by atoms with Crippen LogP contribution in [0.2, 0.25) is 5.02 Å². The molecule has 3 N–H and O–H groups in total. The molecule has 0 aliphatic carbocycles. The largest absolute Gasteiger partial charge is 0.506 e. The number of benzene rings is 2. The zero-order chi connectivity index (χ0) is 16.3. The second-order valence-corrected chi connectivity index (χ2v) is 6.61. The number of anilines is 1. The molecule has 2 rings (SSSR count). The molecule has 0 saturated carbocycles. The summed E-state index contributed by atoms with van der Waals surface area (Å²) in [5, 5.41) is 12.2. The van der Waals surface area contributed by atoms with Gasteiger partial charge in [0.15, 0.2) is 0 Å². The lowest BCUT2D eigenvalue weighted by Crippen LogP contribution is -2.20. The Kier molecular flexibility index (Phi) is 4.70. The van der Waals surface area contributed by atoms with Gasteiger partial charge in [0.1, 0.15) is 5.75 Å². The Morgan fingerprint density at radius 3 is 2.50 bits per heavy atom. The van der Waals surface area contributed by atoms with E-state index in [0.29, 0.717) is 0 Å². The first-order chi connectivity index (χ1) is 10.3. The first-order valence-corrected chi connectivity index (χ1v) is 8.03. The number of carbonyl (C=O) groups is 1. The van der Waals surface area contributed by atoms with E-state index in [1.54, 1.807) is 12.1 Å². The minimum atomic E-state index is -3.69. The summed E-state index contributed by atoms with van der Waals surface area (Å²) in [5.74, 6) is -0.731. The number of rotatable bonds is 4. The van der Waals surface area contributed by atoms with Gasteiger partial charge in [0, 0.05) is 0 Å². The third kappa shape index (κ3) is 3.38. The van der Waals surface area contributed by atoms with Crippen molar-refractivity contribution in [3.05, 3.63) is 53.1 Å². The second-order valence-electron chi connectivity index (χ2n) is 4.32. The van der Waals surface area contributed by atoms with E-state index in [2.05, 4.69) is 10.0 Å². The molecular weight excluding hydrogens is 328 g/mol. The number of hydrogen-bond acceptors (Lipinski definition) is 4. The molecule has 8 heteroatoms. The van der Waals surface area contributed by atoms with Gasteiger partial charge in [-0.3, -0.25) is 4.79 Å². The summed E-state index contributed by atoms with van der Waals surface area (Å²) in [6.45, 7) is 0. The van der Waals surface area contributed by atoms with Crippen molar-refractivity contribution < 1.29 is 18.3 Å². The van der Waals surface area contributed by atoms with Gasteiger partial charge in [-0.25, -0.2) is 13.1 Å². The standard InChI is InChI=1S/C14H13ClN2O4S/c1-16-22(20,21)9-6-7-11(15)10(8-9)14(19)17-12-4-2-3-5-13(12)18/h2-8,16,18H,1H3,(H,17,19). The van der Waals surface area contributed by atoms with Gasteiger partial charge in [-0.1, -0.05) is 23.7 Å². The van der Waals surface area contributed by atoms with Crippen LogP contribution in [-0.2, 0) is 10.0 Å². The number of carbonyl (C=O) groups excluding carboxylic acids is 1. The molecule has 0 heterocycles. The van der Waals surface area contributed by atoms with Crippen LogP contribution in [0.5, 0.6) is 5.75 Å². The van der Waals surface area contributed by atoms with Gasteiger partial charge < -0.3 is 10.4 Å². The van der Waals surface area contributed by atoms with Crippen molar-refractivity contribution in [3.63, 3.8) is 0 Å². The Bertz CT molecular complexity index is 821. The lowest BCUT2D eigenvalue weighted by Gasteiger charge is -2.10. The van der Waals surface area contributed by atoms with E-state index < -0.39 is 15.9 Å². The van der Waals surface area contributed by atoms with Crippen LogP contribution < -0.4 is 10.0 Å². The minimum absolute atomic E-state index is 0.0127. The highest BCUT2D eigenvalue weighted by molar-refractivity contribution is 7.89. The fraction of sp³-hybridized carbons (Fsp3) is 0.0714. The number of nitrogens with one attached hydrogen (secondary N) is 2. The number of halogens is 1. The van der Waals surface area contributed by atoms with E-state index in [9.17, 15) is 18.3 Å². The number of sulfonamides is 1. The number of hydrogen-bond donors (Lipinski definition) is 3. The van der Waals surface area contributed by atoms with Gasteiger partial charge in [-0.15, -0.1) is 0 Å². The molecule has 1 amide bonds. The van der Waals surface area contributed by atoms with Crippen LogP contribution in [0, 0.1) is 0 Å². The van der Waals surface area contributed by atoms with Crippen LogP contribution in [-0.4, -0.2) is 26.5 Å². The maximum atomic E-state index is 12.2. The van der Waals surface area contributed by atoms with Crippen molar-refractivity contribution in [2.75, 3.05) is 12.4 Å². The summed E-state index contributed by atoms with van der Waals surface area (Å²) < 4.78 is 25.7. The number of amides is 1. The lowest BCUT2D eigenvalue weighted by molar-refractivity contribution is 0.102. The summed E-state index contributed by atoms with van der Waals surface area (Å²) in [7, 11) is -2.42. The molecule has 0 unspecified atom stereocenters. The molecule has 0 radical (unpaired) electrons. The van der Waals surface area contributed by atoms with Gasteiger partial charge in [0.2, 0.25) is 10.0 Å². The van der Waals surface area contributed by atoms with Gasteiger partial charge in [-0.05, 0) is 37.4 Å². The van der Waals surface area contributed by atoms with E-state index in [4.69, 9.17) is 11.6 Å². The summed E-state index contributed by atoms with van der Waals surface area (Å²) in [4.78, 5) is 12.2. The number of para-hydroxylation sites is 2. The van der Waals surface area contributed by atoms with Crippen molar-refractivity contribution in [1.29, 1.82) is 0 Å². The molecule has 0 aliphatic heterocycles. The molecule has 0 spiro atoms.